The zero-order valence-electron chi connectivity index (χ0n) is 11.7. The van der Waals surface area contributed by atoms with Gasteiger partial charge in [-0.25, -0.2) is 4.39 Å². The molecular weight excluding hydrogens is 281 g/mol. The predicted molar refractivity (Wildman–Crippen MR) is 77.5 cm³/mol. The number of halogens is 2. The third kappa shape index (κ3) is 4.70. The molecule has 1 N–H and O–H groups in total. The number of hydrogen-bond acceptors (Lipinski definition) is 3. The van der Waals surface area contributed by atoms with Gasteiger partial charge in [0.25, 0.3) is 0 Å². The molecule has 1 fully saturated rings. The lowest BCUT2D eigenvalue weighted by Gasteiger charge is -2.21. The van der Waals surface area contributed by atoms with Crippen molar-refractivity contribution in [2.75, 3.05) is 19.8 Å². The average Bonchev–Trinajstić information content (AvgIpc) is 2.92. The molecule has 1 saturated heterocycles. The van der Waals surface area contributed by atoms with E-state index < -0.39 is 0 Å². The first kappa shape index (κ1) is 15.7. The third-order valence-corrected chi connectivity index (χ3v) is 3.68. The lowest BCUT2D eigenvalue weighted by atomic mass is 10.0. The Morgan fingerprint density at radius 3 is 2.80 bits per heavy atom. The number of hydrogen-bond donors (Lipinski definition) is 1. The molecule has 0 radical (unpaired) electrons. The van der Waals surface area contributed by atoms with Gasteiger partial charge in [-0.3, -0.25) is 0 Å². The van der Waals surface area contributed by atoms with E-state index in [1.165, 1.54) is 12.1 Å². The maximum Gasteiger partial charge on any atom is 0.159 e. The van der Waals surface area contributed by atoms with E-state index in [0.29, 0.717) is 18.2 Å². The molecule has 112 valence electrons. The first-order chi connectivity index (χ1) is 9.69. The quantitative estimate of drug-likeness (QED) is 0.839. The minimum Gasteiger partial charge on any atom is -0.350 e. The summed E-state index contributed by atoms with van der Waals surface area (Å²) < 4.78 is 24.1. The lowest BCUT2D eigenvalue weighted by molar-refractivity contribution is -0.0526. The molecule has 1 aliphatic heterocycles. The molecule has 1 atom stereocenters. The van der Waals surface area contributed by atoms with E-state index in [2.05, 4.69) is 12.2 Å². The summed E-state index contributed by atoms with van der Waals surface area (Å²) in [4.78, 5) is 0. The van der Waals surface area contributed by atoms with Crippen LogP contribution in [0, 0.1) is 5.82 Å². The molecule has 0 aromatic heterocycles. The zero-order valence-corrected chi connectivity index (χ0v) is 12.5. The van der Waals surface area contributed by atoms with Crippen LogP contribution in [0.4, 0.5) is 4.39 Å². The monoisotopic (exact) mass is 301 g/mol. The minimum absolute atomic E-state index is 0.149. The first-order valence-corrected chi connectivity index (χ1v) is 7.47. The van der Waals surface area contributed by atoms with Crippen LogP contribution in [0.5, 0.6) is 0 Å². The summed E-state index contributed by atoms with van der Waals surface area (Å²) in [5.74, 6) is -0.306. The largest absolute Gasteiger partial charge is 0.350 e. The van der Waals surface area contributed by atoms with Gasteiger partial charge < -0.3 is 14.8 Å². The molecule has 5 heteroatoms. The molecule has 1 aliphatic rings. The van der Waals surface area contributed by atoms with E-state index in [0.717, 1.165) is 31.4 Å². The maximum absolute atomic E-state index is 13.1. The second-order valence-corrected chi connectivity index (χ2v) is 5.40. The van der Waals surface area contributed by atoms with Gasteiger partial charge in [0.05, 0.1) is 13.2 Å². The summed E-state index contributed by atoms with van der Waals surface area (Å²) in [5.41, 5.74) is 0.944. The van der Waals surface area contributed by atoms with Crippen LogP contribution in [0.2, 0.25) is 5.02 Å². The smallest absolute Gasteiger partial charge is 0.159 e. The Morgan fingerprint density at radius 2 is 2.15 bits per heavy atom. The van der Waals surface area contributed by atoms with Gasteiger partial charge in [0.15, 0.2) is 6.29 Å². The summed E-state index contributed by atoms with van der Waals surface area (Å²) in [5, 5.41) is 3.95. The van der Waals surface area contributed by atoms with Gasteiger partial charge in [-0.05, 0) is 37.1 Å². The summed E-state index contributed by atoms with van der Waals surface area (Å²) in [6, 6.07) is 4.76. The molecule has 0 spiro atoms. The van der Waals surface area contributed by atoms with Crippen molar-refractivity contribution in [3.63, 3.8) is 0 Å². The van der Waals surface area contributed by atoms with Gasteiger partial charge in [-0.1, -0.05) is 24.6 Å². The van der Waals surface area contributed by atoms with E-state index in [1.54, 1.807) is 6.07 Å². The third-order valence-electron chi connectivity index (χ3n) is 3.33. The molecular formula is C15H21ClFNO2. The van der Waals surface area contributed by atoms with Crippen molar-refractivity contribution in [2.24, 2.45) is 0 Å². The van der Waals surface area contributed by atoms with Crippen LogP contribution in [-0.2, 0) is 15.9 Å². The van der Waals surface area contributed by atoms with E-state index >= 15 is 0 Å². The highest BCUT2D eigenvalue weighted by atomic mass is 35.5. The number of rotatable bonds is 7. The van der Waals surface area contributed by atoms with Gasteiger partial charge in [-0.15, -0.1) is 0 Å². The SMILES string of the molecule is CCCNC(Cc1ccc(F)cc1Cl)CC1OCCO1. The molecule has 1 heterocycles. The summed E-state index contributed by atoms with van der Waals surface area (Å²) >= 11 is 6.09. The molecule has 1 aromatic rings. The average molecular weight is 302 g/mol. The van der Waals surface area contributed by atoms with Crippen molar-refractivity contribution >= 4 is 11.6 Å². The van der Waals surface area contributed by atoms with Gasteiger partial charge in [0.2, 0.25) is 0 Å². The number of benzene rings is 1. The fourth-order valence-electron chi connectivity index (χ4n) is 2.32. The first-order valence-electron chi connectivity index (χ1n) is 7.09. The highest BCUT2D eigenvalue weighted by molar-refractivity contribution is 6.31. The Kier molecular flexibility index (Phi) is 6.23. The molecule has 2 rings (SSSR count). The van der Waals surface area contributed by atoms with Crippen LogP contribution in [0.3, 0.4) is 0 Å². The molecule has 0 amide bonds. The van der Waals surface area contributed by atoms with Crippen LogP contribution in [-0.4, -0.2) is 32.1 Å². The van der Waals surface area contributed by atoms with Crippen LogP contribution >= 0.6 is 11.6 Å². The minimum atomic E-state index is -0.306. The van der Waals surface area contributed by atoms with E-state index in [4.69, 9.17) is 21.1 Å². The molecule has 0 aliphatic carbocycles. The van der Waals surface area contributed by atoms with E-state index in [-0.39, 0.29) is 18.1 Å². The zero-order chi connectivity index (χ0) is 14.4. The predicted octanol–water partition coefficient (Wildman–Crippen LogP) is 3.15. The molecule has 1 aromatic carbocycles. The number of nitrogens with one attached hydrogen (secondary N) is 1. The van der Waals surface area contributed by atoms with Crippen LogP contribution < -0.4 is 5.32 Å². The standard InChI is InChI=1S/C15H21ClFNO2/c1-2-5-18-13(10-15-19-6-7-20-15)8-11-3-4-12(17)9-14(11)16/h3-4,9,13,15,18H,2,5-8,10H2,1H3. The summed E-state index contributed by atoms with van der Waals surface area (Å²) in [6.07, 6.45) is 2.42. The normalized spacial score (nSPS) is 17.6. The fourth-order valence-corrected chi connectivity index (χ4v) is 2.56. The Bertz CT molecular complexity index is 424. The second kappa shape index (κ2) is 7.93. The molecule has 0 saturated carbocycles. The van der Waals surface area contributed by atoms with Gasteiger partial charge in [0.1, 0.15) is 5.82 Å². The van der Waals surface area contributed by atoms with E-state index in [1.807, 2.05) is 0 Å². The summed E-state index contributed by atoms with van der Waals surface area (Å²) in [7, 11) is 0. The second-order valence-electron chi connectivity index (χ2n) is 5.00. The highest BCUT2D eigenvalue weighted by Crippen LogP contribution is 2.21. The van der Waals surface area contributed by atoms with Gasteiger partial charge in [0, 0.05) is 17.5 Å². The van der Waals surface area contributed by atoms with Crippen molar-refractivity contribution in [1.82, 2.24) is 5.32 Å². The lowest BCUT2D eigenvalue weighted by Crippen LogP contribution is -2.35. The van der Waals surface area contributed by atoms with Crippen LogP contribution in [0.25, 0.3) is 0 Å². The Labute approximate surface area is 124 Å². The Morgan fingerprint density at radius 1 is 1.40 bits per heavy atom. The highest BCUT2D eigenvalue weighted by Gasteiger charge is 2.22. The fraction of sp³-hybridized carbons (Fsp3) is 0.600. The van der Waals surface area contributed by atoms with Gasteiger partial charge >= 0.3 is 0 Å². The molecule has 1 unspecified atom stereocenters. The van der Waals surface area contributed by atoms with Crippen molar-refractivity contribution < 1.29 is 13.9 Å². The molecule has 3 nitrogen and oxygen atoms in total. The topological polar surface area (TPSA) is 30.5 Å². The van der Waals surface area contributed by atoms with Crippen molar-refractivity contribution in [3.05, 3.63) is 34.6 Å². The van der Waals surface area contributed by atoms with Crippen molar-refractivity contribution in [2.45, 2.75) is 38.5 Å². The maximum atomic E-state index is 13.1. The van der Waals surface area contributed by atoms with Crippen LogP contribution in [0.15, 0.2) is 18.2 Å². The Balaban J connectivity index is 1.97. The van der Waals surface area contributed by atoms with Crippen molar-refractivity contribution in [3.8, 4) is 0 Å². The molecule has 20 heavy (non-hydrogen) atoms. The Hall–Kier alpha value is -0.680. The molecule has 0 bridgehead atoms. The van der Waals surface area contributed by atoms with Crippen LogP contribution in [0.1, 0.15) is 25.3 Å². The van der Waals surface area contributed by atoms with Crippen molar-refractivity contribution in [1.29, 1.82) is 0 Å². The van der Waals surface area contributed by atoms with Gasteiger partial charge in [-0.2, -0.15) is 0 Å². The number of ether oxygens (including phenoxy) is 2. The van der Waals surface area contributed by atoms with E-state index in [9.17, 15) is 4.39 Å². The summed E-state index contributed by atoms with van der Waals surface area (Å²) in [6.45, 7) is 4.36.